The van der Waals surface area contributed by atoms with Gasteiger partial charge in [-0.1, -0.05) is 58.2 Å². The number of fused-ring (bicyclic) bond motifs is 1. The fourth-order valence-electron chi connectivity index (χ4n) is 4.59. The zero-order valence-corrected chi connectivity index (χ0v) is 21.3. The molecule has 2 N–H and O–H groups in total. The molecule has 1 aliphatic rings. The molecule has 1 aliphatic heterocycles. The number of hydrogen-bond donors (Lipinski definition) is 2. The largest absolute Gasteiger partial charge is 0.493 e. The van der Waals surface area contributed by atoms with Gasteiger partial charge in [0.1, 0.15) is 0 Å². The first kappa shape index (κ1) is 23.7. The maximum Gasteiger partial charge on any atom is 0.337 e. The van der Waals surface area contributed by atoms with Gasteiger partial charge in [0.15, 0.2) is 11.5 Å². The predicted octanol–water partition coefficient (Wildman–Crippen LogP) is 7.41. The summed E-state index contributed by atoms with van der Waals surface area (Å²) in [6.45, 7) is 2.13. The summed E-state index contributed by atoms with van der Waals surface area (Å²) in [4.78, 5) is 12.1. The Kier molecular flexibility index (Phi) is 6.80. The Morgan fingerprint density at radius 2 is 1.67 bits per heavy atom. The Morgan fingerprint density at radius 1 is 0.970 bits per heavy atom. The van der Waals surface area contributed by atoms with Gasteiger partial charge >= 0.3 is 5.97 Å². The molecule has 0 saturated carbocycles. The summed E-state index contributed by atoms with van der Waals surface area (Å²) in [6, 6.07) is 14.7. The molecule has 0 bridgehead atoms. The molecule has 0 unspecified atom stereocenters. The van der Waals surface area contributed by atoms with Gasteiger partial charge in [-0.2, -0.15) is 0 Å². The van der Waals surface area contributed by atoms with Gasteiger partial charge in [0.25, 0.3) is 0 Å². The summed E-state index contributed by atoms with van der Waals surface area (Å²) in [7, 11) is 3.19. The van der Waals surface area contributed by atoms with Crippen LogP contribution in [0.15, 0.2) is 53.0 Å². The topological polar surface area (TPSA) is 67.8 Å². The third-order valence-corrected chi connectivity index (χ3v) is 7.32. The van der Waals surface area contributed by atoms with E-state index in [1.54, 1.807) is 26.4 Å². The van der Waals surface area contributed by atoms with Crippen LogP contribution < -0.4 is 14.8 Å². The number of carboxylic acid groups (broad SMARTS) is 1. The summed E-state index contributed by atoms with van der Waals surface area (Å²) < 4.78 is 11.7. The van der Waals surface area contributed by atoms with Crippen LogP contribution in [0.3, 0.4) is 0 Å². The van der Waals surface area contributed by atoms with Crippen LogP contribution in [0.25, 0.3) is 0 Å². The van der Waals surface area contributed by atoms with Crippen molar-refractivity contribution in [2.75, 3.05) is 19.5 Å². The molecule has 172 valence electrons. The van der Waals surface area contributed by atoms with Crippen molar-refractivity contribution in [3.05, 3.63) is 85.3 Å². The summed E-state index contributed by atoms with van der Waals surface area (Å²) in [5, 5.41) is 14.3. The van der Waals surface area contributed by atoms with E-state index in [-0.39, 0.29) is 23.4 Å². The van der Waals surface area contributed by atoms with E-state index in [0.29, 0.717) is 31.7 Å². The number of nitrogens with one attached hydrogen (secondary N) is 1. The van der Waals surface area contributed by atoms with Gasteiger partial charge in [-0.25, -0.2) is 4.79 Å². The van der Waals surface area contributed by atoms with Crippen LogP contribution in [0, 0.1) is 5.92 Å². The highest BCUT2D eigenvalue weighted by atomic mass is 79.9. The molecule has 0 spiro atoms. The molecule has 3 atom stereocenters. The Hall–Kier alpha value is -2.41. The van der Waals surface area contributed by atoms with Crippen LogP contribution in [-0.4, -0.2) is 25.3 Å². The fraction of sp³-hybridized carbons (Fsp3) is 0.240. The molecule has 1 heterocycles. The summed E-state index contributed by atoms with van der Waals surface area (Å²) in [6.07, 6.45) is 0. The Bertz CT molecular complexity index is 1230. The summed E-state index contributed by atoms with van der Waals surface area (Å²) >= 11 is 16.0. The lowest BCUT2D eigenvalue weighted by Gasteiger charge is -2.40. The number of carbonyl (C=O) groups is 1. The lowest BCUT2D eigenvalue weighted by atomic mass is 9.72. The second-order valence-electron chi connectivity index (χ2n) is 7.97. The predicted molar refractivity (Wildman–Crippen MR) is 134 cm³/mol. The molecule has 3 aromatic rings. The van der Waals surface area contributed by atoms with Gasteiger partial charge in [-0.15, -0.1) is 0 Å². The number of methoxy groups -OCH3 is 2. The first-order valence-electron chi connectivity index (χ1n) is 10.2. The molecule has 0 fully saturated rings. The number of anilines is 1. The van der Waals surface area contributed by atoms with Crippen molar-refractivity contribution in [2.45, 2.75) is 18.9 Å². The van der Waals surface area contributed by atoms with E-state index in [0.717, 1.165) is 16.7 Å². The number of carboxylic acids is 1. The quantitative estimate of drug-likeness (QED) is 0.346. The first-order chi connectivity index (χ1) is 15.7. The van der Waals surface area contributed by atoms with Crippen LogP contribution in [0.1, 0.15) is 45.9 Å². The van der Waals surface area contributed by atoms with E-state index in [1.165, 1.54) is 0 Å². The molecule has 4 rings (SSSR count). The smallest absolute Gasteiger partial charge is 0.337 e. The second kappa shape index (κ2) is 9.45. The molecular weight excluding hydrogens is 529 g/mol. The van der Waals surface area contributed by atoms with E-state index in [9.17, 15) is 9.90 Å². The lowest BCUT2D eigenvalue weighted by molar-refractivity contribution is 0.0697. The molecule has 5 nitrogen and oxygen atoms in total. The SMILES string of the molecule is COc1ccc([C@@H]2c3cc(Br)cc(C(=O)O)c3N[C@@H](c3ccc(Cl)c(Cl)c3)[C@@H]2C)cc1OC. The van der Waals surface area contributed by atoms with Crippen LogP contribution >= 0.6 is 39.1 Å². The molecule has 0 amide bonds. The van der Waals surface area contributed by atoms with Crippen LogP contribution in [0.4, 0.5) is 5.69 Å². The molecule has 0 aromatic heterocycles. The minimum Gasteiger partial charge on any atom is -0.493 e. The summed E-state index contributed by atoms with van der Waals surface area (Å²) in [5.74, 6) is 0.139. The molecule has 33 heavy (non-hydrogen) atoms. The highest BCUT2D eigenvalue weighted by Gasteiger charge is 2.38. The monoisotopic (exact) mass is 549 g/mol. The van der Waals surface area contributed by atoms with Gasteiger partial charge in [0.05, 0.1) is 41.6 Å². The average molecular weight is 551 g/mol. The third-order valence-electron chi connectivity index (χ3n) is 6.12. The highest BCUT2D eigenvalue weighted by Crippen LogP contribution is 2.51. The highest BCUT2D eigenvalue weighted by molar-refractivity contribution is 9.10. The maximum atomic E-state index is 12.1. The van der Waals surface area contributed by atoms with Gasteiger partial charge in [0, 0.05) is 10.4 Å². The molecule has 3 aromatic carbocycles. The fourth-order valence-corrected chi connectivity index (χ4v) is 5.37. The van der Waals surface area contributed by atoms with Crippen molar-refractivity contribution in [1.29, 1.82) is 0 Å². The number of ether oxygens (including phenoxy) is 2. The van der Waals surface area contributed by atoms with Crippen molar-refractivity contribution in [3.63, 3.8) is 0 Å². The van der Waals surface area contributed by atoms with E-state index < -0.39 is 5.97 Å². The summed E-state index contributed by atoms with van der Waals surface area (Å²) in [5.41, 5.74) is 3.58. The lowest BCUT2D eigenvalue weighted by Crippen LogP contribution is -2.32. The maximum absolute atomic E-state index is 12.1. The van der Waals surface area contributed by atoms with Gasteiger partial charge < -0.3 is 19.9 Å². The van der Waals surface area contributed by atoms with Crippen molar-refractivity contribution >= 4 is 50.8 Å². The normalized spacial score (nSPS) is 19.4. The third kappa shape index (κ3) is 4.39. The molecule has 0 saturated heterocycles. The zero-order valence-electron chi connectivity index (χ0n) is 18.2. The van der Waals surface area contributed by atoms with Gasteiger partial charge in [0.2, 0.25) is 0 Å². The Balaban J connectivity index is 1.94. The zero-order chi connectivity index (χ0) is 23.9. The number of hydrogen-bond acceptors (Lipinski definition) is 4. The first-order valence-corrected chi connectivity index (χ1v) is 11.8. The van der Waals surface area contributed by atoms with Gasteiger partial charge in [-0.05, 0) is 59.0 Å². The standard InChI is InChI=1S/C25H22BrCl2NO4/c1-12-22(13-5-7-20(32-2)21(9-13)33-3)16-10-15(26)11-17(25(30)31)24(16)29-23(12)14-4-6-18(27)19(28)8-14/h4-12,22-23,29H,1-3H3,(H,30,31)/t12-,22-,23-/m1/s1. The van der Waals surface area contributed by atoms with Crippen molar-refractivity contribution in [1.82, 2.24) is 0 Å². The van der Waals surface area contributed by atoms with E-state index in [1.807, 2.05) is 36.4 Å². The molecule has 8 heteroatoms. The van der Waals surface area contributed by atoms with Crippen LogP contribution in [-0.2, 0) is 0 Å². The number of aromatic carboxylic acids is 1. The van der Waals surface area contributed by atoms with Crippen LogP contribution in [0.5, 0.6) is 11.5 Å². The number of rotatable bonds is 5. The molecular formula is C25H22BrCl2NO4. The van der Waals surface area contributed by atoms with Gasteiger partial charge in [-0.3, -0.25) is 0 Å². The average Bonchev–Trinajstić information content (AvgIpc) is 2.79. The Labute approximate surface area is 210 Å². The molecule has 0 radical (unpaired) electrons. The van der Waals surface area contributed by atoms with E-state index in [4.69, 9.17) is 32.7 Å². The van der Waals surface area contributed by atoms with E-state index >= 15 is 0 Å². The van der Waals surface area contributed by atoms with Crippen molar-refractivity contribution in [2.24, 2.45) is 5.92 Å². The van der Waals surface area contributed by atoms with Crippen molar-refractivity contribution in [3.8, 4) is 11.5 Å². The minimum absolute atomic E-state index is 0.0313. The second-order valence-corrected chi connectivity index (χ2v) is 9.70. The van der Waals surface area contributed by atoms with E-state index in [2.05, 4.69) is 28.2 Å². The van der Waals surface area contributed by atoms with Crippen LogP contribution in [0.2, 0.25) is 10.0 Å². The van der Waals surface area contributed by atoms with Crippen molar-refractivity contribution < 1.29 is 19.4 Å². The number of halogens is 3. The molecule has 0 aliphatic carbocycles. The number of benzene rings is 3. The Morgan fingerprint density at radius 3 is 2.30 bits per heavy atom. The minimum atomic E-state index is -1.01.